The molecule has 0 aromatic heterocycles. The van der Waals surface area contributed by atoms with Gasteiger partial charge in [0.2, 0.25) is 0 Å². The van der Waals surface area contributed by atoms with Crippen LogP contribution in [0.15, 0.2) is 58.3 Å². The van der Waals surface area contributed by atoms with Gasteiger partial charge in [0.05, 0.1) is 0 Å². The molecule has 0 fully saturated rings. The van der Waals surface area contributed by atoms with Crippen LogP contribution in [0.5, 0.6) is 0 Å². The van der Waals surface area contributed by atoms with Gasteiger partial charge in [-0.1, -0.05) is 43.0 Å². The zero-order valence-corrected chi connectivity index (χ0v) is 13.4. The Hall–Kier alpha value is -0.860. The van der Waals surface area contributed by atoms with Crippen molar-refractivity contribution < 1.29 is 0 Å². The molecule has 0 atom stereocenters. The number of hydrogen-bond donors (Lipinski definition) is 1. The Kier molecular flexibility index (Phi) is 4.64. The van der Waals surface area contributed by atoms with Gasteiger partial charge < -0.3 is 0 Å². The lowest BCUT2D eigenvalue weighted by atomic mass is 10.0. The Bertz CT molecular complexity index is 519. The molecule has 100 valence electrons. The molecule has 0 N–H and O–H groups in total. The summed E-state index contributed by atoms with van der Waals surface area (Å²) in [6.45, 7) is 6.41. The Morgan fingerprint density at radius 1 is 0.895 bits per heavy atom. The van der Waals surface area contributed by atoms with Crippen LogP contribution in [0.25, 0.3) is 0 Å². The van der Waals surface area contributed by atoms with Crippen LogP contribution in [-0.2, 0) is 11.2 Å². The van der Waals surface area contributed by atoms with Crippen molar-refractivity contribution in [3.63, 3.8) is 0 Å². The standard InChI is InChI=1S/C17H20S2/c1-4-13-5-9-15(10-6-13)19-16-11-7-14(8-12-16)17(2,3)18/h5-12,18H,4H2,1-3H3. The van der Waals surface area contributed by atoms with Crippen LogP contribution >= 0.6 is 24.4 Å². The van der Waals surface area contributed by atoms with E-state index < -0.39 is 0 Å². The minimum Gasteiger partial charge on any atom is -0.168 e. The molecular weight excluding hydrogens is 268 g/mol. The molecule has 0 heterocycles. The fourth-order valence-electron chi connectivity index (χ4n) is 1.86. The van der Waals surface area contributed by atoms with E-state index in [2.05, 4.69) is 81.9 Å². The number of aryl methyl sites for hydroxylation is 1. The average molecular weight is 288 g/mol. The van der Waals surface area contributed by atoms with Crippen molar-refractivity contribution in [2.24, 2.45) is 0 Å². The Labute approximate surface area is 126 Å². The van der Waals surface area contributed by atoms with Crippen LogP contribution in [0.1, 0.15) is 31.9 Å². The van der Waals surface area contributed by atoms with Crippen molar-refractivity contribution in [3.8, 4) is 0 Å². The van der Waals surface area contributed by atoms with Crippen molar-refractivity contribution in [3.05, 3.63) is 59.7 Å². The van der Waals surface area contributed by atoms with Gasteiger partial charge in [-0.3, -0.25) is 0 Å². The van der Waals surface area contributed by atoms with E-state index in [1.165, 1.54) is 20.9 Å². The van der Waals surface area contributed by atoms with Crippen molar-refractivity contribution in [2.75, 3.05) is 0 Å². The fourth-order valence-corrected chi connectivity index (χ4v) is 2.83. The van der Waals surface area contributed by atoms with E-state index >= 15 is 0 Å². The van der Waals surface area contributed by atoms with Gasteiger partial charge in [-0.2, -0.15) is 12.6 Å². The second-order valence-corrected chi connectivity index (χ2v) is 7.45. The van der Waals surface area contributed by atoms with E-state index in [0.29, 0.717) is 0 Å². The molecule has 19 heavy (non-hydrogen) atoms. The highest BCUT2D eigenvalue weighted by Gasteiger charge is 2.13. The monoisotopic (exact) mass is 288 g/mol. The van der Waals surface area contributed by atoms with Gasteiger partial charge in [0.15, 0.2) is 0 Å². The maximum atomic E-state index is 4.59. The lowest BCUT2D eigenvalue weighted by molar-refractivity contribution is 0.790. The predicted molar refractivity (Wildman–Crippen MR) is 88.4 cm³/mol. The third-order valence-electron chi connectivity index (χ3n) is 3.13. The number of thiol groups is 1. The molecule has 0 saturated heterocycles. The Balaban J connectivity index is 2.10. The Morgan fingerprint density at radius 2 is 1.37 bits per heavy atom. The largest absolute Gasteiger partial charge is 0.168 e. The summed E-state index contributed by atoms with van der Waals surface area (Å²) >= 11 is 6.39. The summed E-state index contributed by atoms with van der Waals surface area (Å²) in [5.74, 6) is 0. The molecule has 0 aliphatic carbocycles. The average Bonchev–Trinajstić information content (AvgIpc) is 2.39. The molecular formula is C17H20S2. The van der Waals surface area contributed by atoms with E-state index in [1.807, 2.05) is 0 Å². The number of rotatable bonds is 4. The van der Waals surface area contributed by atoms with Crippen LogP contribution in [0, 0.1) is 0 Å². The number of benzene rings is 2. The minimum absolute atomic E-state index is 0.0774. The summed E-state index contributed by atoms with van der Waals surface area (Å²) in [6, 6.07) is 17.5. The van der Waals surface area contributed by atoms with Crippen LogP contribution < -0.4 is 0 Å². The predicted octanol–water partition coefficient (Wildman–Crippen LogP) is 5.57. The third-order valence-corrected chi connectivity index (χ3v) is 4.40. The maximum Gasteiger partial charge on any atom is 0.0322 e. The van der Waals surface area contributed by atoms with Crippen molar-refractivity contribution in [1.82, 2.24) is 0 Å². The molecule has 2 aromatic carbocycles. The second-order valence-electron chi connectivity index (χ2n) is 5.18. The molecule has 0 saturated carbocycles. The summed E-state index contributed by atoms with van der Waals surface area (Å²) in [4.78, 5) is 2.56. The maximum absolute atomic E-state index is 4.59. The first-order valence-electron chi connectivity index (χ1n) is 6.59. The van der Waals surface area contributed by atoms with Crippen molar-refractivity contribution in [2.45, 2.75) is 41.7 Å². The van der Waals surface area contributed by atoms with Gasteiger partial charge in [0, 0.05) is 14.5 Å². The number of hydrogen-bond acceptors (Lipinski definition) is 2. The molecule has 0 bridgehead atoms. The molecule has 2 heteroatoms. The van der Waals surface area contributed by atoms with E-state index in [-0.39, 0.29) is 4.75 Å². The van der Waals surface area contributed by atoms with E-state index in [1.54, 1.807) is 11.8 Å². The molecule has 0 amide bonds. The van der Waals surface area contributed by atoms with Gasteiger partial charge in [-0.15, -0.1) is 0 Å². The zero-order chi connectivity index (χ0) is 13.9. The molecule has 0 unspecified atom stereocenters. The van der Waals surface area contributed by atoms with Crippen LogP contribution in [0.2, 0.25) is 0 Å². The minimum atomic E-state index is -0.0774. The van der Waals surface area contributed by atoms with E-state index in [0.717, 1.165) is 6.42 Å². The van der Waals surface area contributed by atoms with Gasteiger partial charge in [0.1, 0.15) is 0 Å². The van der Waals surface area contributed by atoms with Crippen molar-refractivity contribution in [1.29, 1.82) is 0 Å². The fraction of sp³-hybridized carbons (Fsp3) is 0.294. The highest BCUT2D eigenvalue weighted by molar-refractivity contribution is 7.99. The van der Waals surface area contributed by atoms with Crippen LogP contribution in [-0.4, -0.2) is 0 Å². The topological polar surface area (TPSA) is 0 Å². The lowest BCUT2D eigenvalue weighted by Gasteiger charge is -2.18. The summed E-state index contributed by atoms with van der Waals surface area (Å²) in [7, 11) is 0. The first kappa shape index (κ1) is 14.5. The second kappa shape index (κ2) is 6.06. The highest BCUT2D eigenvalue weighted by Crippen LogP contribution is 2.32. The first-order chi connectivity index (χ1) is 8.99. The smallest absolute Gasteiger partial charge is 0.0322 e. The molecule has 2 rings (SSSR count). The van der Waals surface area contributed by atoms with Gasteiger partial charge >= 0.3 is 0 Å². The normalized spacial score (nSPS) is 11.6. The van der Waals surface area contributed by atoms with Gasteiger partial charge in [-0.25, -0.2) is 0 Å². The molecule has 0 spiro atoms. The summed E-state index contributed by atoms with van der Waals surface area (Å²) in [5, 5.41) is 0. The molecule has 0 aliphatic rings. The summed E-state index contributed by atoms with van der Waals surface area (Å²) < 4.78 is -0.0774. The molecule has 0 aliphatic heterocycles. The first-order valence-corrected chi connectivity index (χ1v) is 7.85. The quantitative estimate of drug-likeness (QED) is 0.718. The van der Waals surface area contributed by atoms with Gasteiger partial charge in [0.25, 0.3) is 0 Å². The SMILES string of the molecule is CCc1ccc(Sc2ccc(C(C)(C)S)cc2)cc1. The zero-order valence-electron chi connectivity index (χ0n) is 11.7. The highest BCUT2D eigenvalue weighted by atomic mass is 32.2. The van der Waals surface area contributed by atoms with Gasteiger partial charge in [-0.05, 0) is 55.7 Å². The van der Waals surface area contributed by atoms with Crippen LogP contribution in [0.4, 0.5) is 0 Å². The lowest BCUT2D eigenvalue weighted by Crippen LogP contribution is -2.06. The molecule has 2 aromatic rings. The third kappa shape index (κ3) is 4.05. The van der Waals surface area contributed by atoms with Crippen molar-refractivity contribution >= 4 is 24.4 Å². The van der Waals surface area contributed by atoms with E-state index in [4.69, 9.17) is 0 Å². The van der Waals surface area contributed by atoms with E-state index in [9.17, 15) is 0 Å². The molecule has 0 radical (unpaired) electrons. The van der Waals surface area contributed by atoms with Crippen LogP contribution in [0.3, 0.4) is 0 Å². The summed E-state index contributed by atoms with van der Waals surface area (Å²) in [5.41, 5.74) is 2.64. The summed E-state index contributed by atoms with van der Waals surface area (Å²) in [6.07, 6.45) is 1.09. The molecule has 0 nitrogen and oxygen atoms in total. The Morgan fingerprint density at radius 3 is 1.79 bits per heavy atom.